The van der Waals surface area contributed by atoms with Gasteiger partial charge >= 0.3 is 17.9 Å². The molecule has 6 heteroatoms. The van der Waals surface area contributed by atoms with Gasteiger partial charge in [0.25, 0.3) is 0 Å². The Bertz CT molecular complexity index is 1400. The molecule has 440 valence electrons. The van der Waals surface area contributed by atoms with Crippen molar-refractivity contribution >= 4 is 17.9 Å². The summed E-state index contributed by atoms with van der Waals surface area (Å²) in [6.07, 6.45) is 83.5. The minimum Gasteiger partial charge on any atom is -0.462 e. The summed E-state index contributed by atoms with van der Waals surface area (Å²) in [5.74, 6) is -0.915. The van der Waals surface area contributed by atoms with E-state index < -0.39 is 6.10 Å². The van der Waals surface area contributed by atoms with E-state index in [1.165, 1.54) is 186 Å². The van der Waals surface area contributed by atoms with Crippen LogP contribution >= 0.6 is 0 Å². The average molecular weight is 1060 g/mol. The molecule has 0 aliphatic rings. The standard InChI is InChI=1S/C70H124O6/c1-4-7-10-13-16-19-22-25-27-29-31-33-34-35-37-38-40-42-45-48-51-54-57-60-63-69(72)75-66-67(65-74-68(71)62-59-56-53-50-47-44-24-21-18-15-12-9-6-3)76-70(73)64-61-58-55-52-49-46-43-41-39-36-32-30-28-26-23-20-17-14-11-8-5-2/h9,12,18,21,23,26,30,32,39,41,44,47,67H,4-8,10-11,13-17,19-20,22,24-25,27-29,31,33-38,40,42-43,45-46,48-66H2,1-3H3/b12-9-,21-18-,26-23-,32-30-,41-39-,47-44-. The maximum absolute atomic E-state index is 12.9. The van der Waals surface area contributed by atoms with Gasteiger partial charge in [0.1, 0.15) is 13.2 Å². The Morgan fingerprint density at radius 3 is 0.816 bits per heavy atom. The Balaban J connectivity index is 4.32. The van der Waals surface area contributed by atoms with E-state index in [1.54, 1.807) is 0 Å². The summed E-state index contributed by atoms with van der Waals surface area (Å²) in [4.78, 5) is 38.3. The van der Waals surface area contributed by atoms with Crippen LogP contribution in [0.3, 0.4) is 0 Å². The number of allylic oxidation sites excluding steroid dienone is 12. The van der Waals surface area contributed by atoms with Gasteiger partial charge in [-0.15, -0.1) is 0 Å². The second-order valence-electron chi connectivity index (χ2n) is 22.0. The van der Waals surface area contributed by atoms with Gasteiger partial charge in [0.05, 0.1) is 0 Å². The quantitative estimate of drug-likeness (QED) is 0.0261. The molecular weight excluding hydrogens is 937 g/mol. The molecule has 76 heavy (non-hydrogen) atoms. The Labute approximate surface area is 472 Å². The zero-order chi connectivity index (χ0) is 55.0. The number of carbonyl (C=O) groups is 3. The molecule has 0 aromatic rings. The van der Waals surface area contributed by atoms with E-state index in [-0.39, 0.29) is 31.1 Å². The van der Waals surface area contributed by atoms with Crippen molar-refractivity contribution < 1.29 is 28.6 Å². The Hall–Kier alpha value is -3.15. The van der Waals surface area contributed by atoms with Crippen molar-refractivity contribution in [3.05, 3.63) is 72.9 Å². The molecule has 0 saturated heterocycles. The average Bonchev–Trinajstić information content (AvgIpc) is 3.42. The lowest BCUT2D eigenvalue weighted by Gasteiger charge is -2.18. The van der Waals surface area contributed by atoms with Gasteiger partial charge in [-0.2, -0.15) is 0 Å². The van der Waals surface area contributed by atoms with Gasteiger partial charge in [0.2, 0.25) is 0 Å². The van der Waals surface area contributed by atoms with Crippen molar-refractivity contribution in [2.45, 2.75) is 341 Å². The zero-order valence-electron chi connectivity index (χ0n) is 50.5. The van der Waals surface area contributed by atoms with Gasteiger partial charge in [-0.05, 0) is 89.9 Å². The van der Waals surface area contributed by atoms with Gasteiger partial charge in [-0.25, -0.2) is 0 Å². The van der Waals surface area contributed by atoms with Crippen LogP contribution in [0.25, 0.3) is 0 Å². The fourth-order valence-corrected chi connectivity index (χ4v) is 9.53. The third-order valence-electron chi connectivity index (χ3n) is 14.4. The number of esters is 3. The van der Waals surface area contributed by atoms with Gasteiger partial charge in [-0.3, -0.25) is 14.4 Å². The maximum Gasteiger partial charge on any atom is 0.306 e. The summed E-state index contributed by atoms with van der Waals surface area (Å²) in [5.41, 5.74) is 0. The highest BCUT2D eigenvalue weighted by molar-refractivity contribution is 5.71. The van der Waals surface area contributed by atoms with Crippen LogP contribution in [0.4, 0.5) is 0 Å². The Morgan fingerprint density at radius 2 is 0.513 bits per heavy atom. The summed E-state index contributed by atoms with van der Waals surface area (Å²) in [5, 5.41) is 0. The van der Waals surface area contributed by atoms with E-state index >= 15 is 0 Å². The third-order valence-corrected chi connectivity index (χ3v) is 14.4. The highest BCUT2D eigenvalue weighted by atomic mass is 16.6. The van der Waals surface area contributed by atoms with Crippen molar-refractivity contribution in [3.8, 4) is 0 Å². The van der Waals surface area contributed by atoms with Crippen LogP contribution in [0.1, 0.15) is 335 Å². The fourth-order valence-electron chi connectivity index (χ4n) is 9.53. The lowest BCUT2D eigenvalue weighted by molar-refractivity contribution is -0.167. The van der Waals surface area contributed by atoms with E-state index in [0.717, 1.165) is 109 Å². The van der Waals surface area contributed by atoms with Crippen LogP contribution in [0.5, 0.6) is 0 Å². The first-order valence-corrected chi connectivity index (χ1v) is 32.9. The molecule has 0 bridgehead atoms. The summed E-state index contributed by atoms with van der Waals surface area (Å²) < 4.78 is 16.9. The Morgan fingerprint density at radius 1 is 0.276 bits per heavy atom. The lowest BCUT2D eigenvalue weighted by atomic mass is 10.0. The molecule has 1 atom stereocenters. The maximum atomic E-state index is 12.9. The summed E-state index contributed by atoms with van der Waals surface area (Å²) in [7, 11) is 0. The number of unbranched alkanes of at least 4 members (excludes halogenated alkanes) is 37. The molecular formula is C70H124O6. The van der Waals surface area contributed by atoms with Crippen LogP contribution in [0.15, 0.2) is 72.9 Å². The van der Waals surface area contributed by atoms with Gasteiger partial charge in [0, 0.05) is 19.3 Å². The molecule has 0 fully saturated rings. The second-order valence-corrected chi connectivity index (χ2v) is 22.0. The smallest absolute Gasteiger partial charge is 0.306 e. The zero-order valence-corrected chi connectivity index (χ0v) is 50.5. The summed E-state index contributed by atoms with van der Waals surface area (Å²) in [6, 6.07) is 0. The van der Waals surface area contributed by atoms with Crippen molar-refractivity contribution in [3.63, 3.8) is 0 Å². The van der Waals surface area contributed by atoms with Crippen LogP contribution in [0, 0.1) is 0 Å². The minimum atomic E-state index is -0.795. The molecule has 0 spiro atoms. The van der Waals surface area contributed by atoms with E-state index in [1.807, 2.05) is 0 Å². The number of ether oxygens (including phenoxy) is 3. The number of rotatable bonds is 60. The SMILES string of the molecule is CC/C=C\C/C=C\C/C=C\CCCCCC(=O)OCC(COC(=O)CCCCCCCCCCCCCCCCCCCCCCCCCC)OC(=O)CCCCCCCC/C=C\C/C=C\C/C=C\CCCCCCC. The molecule has 0 rings (SSSR count). The van der Waals surface area contributed by atoms with Crippen molar-refractivity contribution in [1.82, 2.24) is 0 Å². The molecule has 0 radical (unpaired) electrons. The monoisotopic (exact) mass is 1060 g/mol. The highest BCUT2D eigenvalue weighted by Gasteiger charge is 2.19. The molecule has 0 aliphatic heterocycles. The van der Waals surface area contributed by atoms with Crippen molar-refractivity contribution in [2.75, 3.05) is 13.2 Å². The van der Waals surface area contributed by atoms with Gasteiger partial charge in [-0.1, -0.05) is 299 Å². The molecule has 6 nitrogen and oxygen atoms in total. The van der Waals surface area contributed by atoms with Crippen LogP contribution in [-0.4, -0.2) is 37.2 Å². The summed E-state index contributed by atoms with van der Waals surface area (Å²) >= 11 is 0. The van der Waals surface area contributed by atoms with Crippen LogP contribution in [-0.2, 0) is 28.6 Å². The Kier molecular flexibility index (Phi) is 61.7. The molecule has 0 aromatic heterocycles. The first-order chi connectivity index (χ1) is 37.5. The summed E-state index contributed by atoms with van der Waals surface area (Å²) in [6.45, 7) is 6.52. The third kappa shape index (κ3) is 61.7. The van der Waals surface area contributed by atoms with Crippen LogP contribution < -0.4 is 0 Å². The van der Waals surface area contributed by atoms with Crippen molar-refractivity contribution in [1.29, 1.82) is 0 Å². The molecule has 0 N–H and O–H groups in total. The number of hydrogen-bond donors (Lipinski definition) is 0. The van der Waals surface area contributed by atoms with Crippen molar-refractivity contribution in [2.24, 2.45) is 0 Å². The number of carbonyl (C=O) groups excluding carboxylic acids is 3. The van der Waals surface area contributed by atoms with E-state index in [2.05, 4.69) is 93.7 Å². The first-order valence-electron chi connectivity index (χ1n) is 32.9. The van der Waals surface area contributed by atoms with Gasteiger partial charge < -0.3 is 14.2 Å². The van der Waals surface area contributed by atoms with E-state index in [9.17, 15) is 14.4 Å². The predicted octanol–water partition coefficient (Wildman–Crippen LogP) is 22.5. The molecule has 0 aromatic carbocycles. The topological polar surface area (TPSA) is 78.9 Å². The largest absolute Gasteiger partial charge is 0.462 e. The van der Waals surface area contributed by atoms with E-state index in [0.29, 0.717) is 19.3 Å². The molecule has 0 heterocycles. The lowest BCUT2D eigenvalue weighted by Crippen LogP contribution is -2.30. The molecule has 1 unspecified atom stereocenters. The fraction of sp³-hybridized carbons (Fsp3) is 0.786. The highest BCUT2D eigenvalue weighted by Crippen LogP contribution is 2.17. The normalized spacial score (nSPS) is 12.5. The molecule has 0 aliphatic carbocycles. The van der Waals surface area contributed by atoms with Gasteiger partial charge in [0.15, 0.2) is 6.10 Å². The predicted molar refractivity (Wildman–Crippen MR) is 330 cm³/mol. The minimum absolute atomic E-state index is 0.0877. The molecule has 0 amide bonds. The second kappa shape index (κ2) is 64.4. The van der Waals surface area contributed by atoms with Crippen LogP contribution in [0.2, 0.25) is 0 Å². The number of hydrogen-bond acceptors (Lipinski definition) is 6. The van der Waals surface area contributed by atoms with E-state index in [4.69, 9.17) is 14.2 Å². The molecule has 0 saturated carbocycles. The first kappa shape index (κ1) is 72.8.